The number of ether oxygens (including phenoxy) is 1. The summed E-state index contributed by atoms with van der Waals surface area (Å²) in [6, 6.07) is 0.138. The van der Waals surface area contributed by atoms with Crippen LogP contribution in [0.2, 0.25) is 0 Å². The molecule has 0 radical (unpaired) electrons. The maximum absolute atomic E-state index is 5.85. The van der Waals surface area contributed by atoms with Gasteiger partial charge in [-0.05, 0) is 19.8 Å². The van der Waals surface area contributed by atoms with Crippen LogP contribution in [0.25, 0.3) is 0 Å². The summed E-state index contributed by atoms with van der Waals surface area (Å²) >= 11 is 0. The topological polar surface area (TPSA) is 90.3 Å². The molecule has 120 valence electrons. The van der Waals surface area contributed by atoms with E-state index in [9.17, 15) is 0 Å². The summed E-state index contributed by atoms with van der Waals surface area (Å²) in [7, 11) is 1.66. The highest BCUT2D eigenvalue weighted by molar-refractivity contribution is 14.0. The molecular formula is C13H25IN6O. The van der Waals surface area contributed by atoms with Gasteiger partial charge in [0.15, 0.2) is 11.8 Å². The molecule has 0 saturated carbocycles. The van der Waals surface area contributed by atoms with Gasteiger partial charge in [-0.25, -0.2) is 4.99 Å². The summed E-state index contributed by atoms with van der Waals surface area (Å²) < 4.78 is 7.23. The molecule has 1 unspecified atom stereocenters. The van der Waals surface area contributed by atoms with E-state index in [1.54, 1.807) is 7.11 Å². The number of halogens is 1. The SMILES string of the molecule is COCC(C)NC(N)=NCc1nnc2n1CCCCC2.I. The van der Waals surface area contributed by atoms with E-state index < -0.39 is 0 Å². The molecule has 3 N–H and O–H groups in total. The van der Waals surface area contributed by atoms with E-state index in [-0.39, 0.29) is 30.0 Å². The number of methoxy groups -OCH3 is 1. The quantitative estimate of drug-likeness (QED) is 0.432. The third-order valence-electron chi connectivity index (χ3n) is 3.39. The lowest BCUT2D eigenvalue weighted by Gasteiger charge is -2.13. The van der Waals surface area contributed by atoms with Gasteiger partial charge in [-0.2, -0.15) is 0 Å². The monoisotopic (exact) mass is 408 g/mol. The summed E-state index contributed by atoms with van der Waals surface area (Å²) in [4.78, 5) is 4.33. The van der Waals surface area contributed by atoms with Gasteiger partial charge in [0.1, 0.15) is 12.4 Å². The molecule has 8 heteroatoms. The van der Waals surface area contributed by atoms with Crippen LogP contribution in [0.4, 0.5) is 0 Å². The van der Waals surface area contributed by atoms with Crippen LogP contribution in [0.5, 0.6) is 0 Å². The fourth-order valence-electron chi connectivity index (χ4n) is 2.41. The second-order valence-corrected chi connectivity index (χ2v) is 5.20. The van der Waals surface area contributed by atoms with Crippen LogP contribution in [0, 0.1) is 0 Å². The van der Waals surface area contributed by atoms with Crippen molar-refractivity contribution in [3.63, 3.8) is 0 Å². The summed E-state index contributed by atoms with van der Waals surface area (Å²) in [5.74, 6) is 2.39. The van der Waals surface area contributed by atoms with E-state index in [2.05, 4.69) is 25.1 Å². The Morgan fingerprint density at radius 3 is 3.00 bits per heavy atom. The van der Waals surface area contributed by atoms with Crippen molar-refractivity contribution in [2.24, 2.45) is 10.7 Å². The lowest BCUT2D eigenvalue weighted by molar-refractivity contribution is 0.179. The van der Waals surface area contributed by atoms with Gasteiger partial charge in [-0.15, -0.1) is 34.2 Å². The van der Waals surface area contributed by atoms with Gasteiger partial charge in [0.25, 0.3) is 0 Å². The first-order valence-corrected chi connectivity index (χ1v) is 7.17. The normalized spacial score (nSPS) is 16.6. The van der Waals surface area contributed by atoms with Gasteiger partial charge < -0.3 is 20.4 Å². The number of nitrogens with zero attached hydrogens (tertiary/aromatic N) is 4. The van der Waals surface area contributed by atoms with E-state index in [1.807, 2.05) is 6.92 Å². The first-order valence-electron chi connectivity index (χ1n) is 7.17. The Hall–Kier alpha value is -0.900. The minimum Gasteiger partial charge on any atom is -0.383 e. The van der Waals surface area contributed by atoms with Crippen molar-refractivity contribution in [2.45, 2.75) is 51.7 Å². The largest absolute Gasteiger partial charge is 0.383 e. The molecule has 7 nitrogen and oxygen atoms in total. The zero-order valence-corrected chi connectivity index (χ0v) is 15.0. The summed E-state index contributed by atoms with van der Waals surface area (Å²) in [6.07, 6.45) is 4.64. The minimum absolute atomic E-state index is 0. The molecular weight excluding hydrogens is 383 g/mol. The number of aliphatic imine (C=N–C) groups is 1. The van der Waals surface area contributed by atoms with E-state index in [4.69, 9.17) is 10.5 Å². The molecule has 1 aliphatic rings. The van der Waals surface area contributed by atoms with Crippen molar-refractivity contribution < 1.29 is 4.74 Å². The van der Waals surface area contributed by atoms with Crippen molar-refractivity contribution in [2.75, 3.05) is 13.7 Å². The van der Waals surface area contributed by atoms with Crippen molar-refractivity contribution in [1.29, 1.82) is 0 Å². The van der Waals surface area contributed by atoms with E-state index in [1.165, 1.54) is 19.3 Å². The Labute approximate surface area is 142 Å². The molecule has 1 aliphatic heterocycles. The first kappa shape index (κ1) is 18.1. The van der Waals surface area contributed by atoms with Gasteiger partial charge >= 0.3 is 0 Å². The number of guanidine groups is 1. The highest BCUT2D eigenvalue weighted by Crippen LogP contribution is 2.14. The van der Waals surface area contributed by atoms with Crippen molar-refractivity contribution in [3.8, 4) is 0 Å². The third kappa shape index (κ3) is 5.42. The molecule has 0 aromatic carbocycles. The van der Waals surface area contributed by atoms with Crippen LogP contribution in [0.3, 0.4) is 0 Å². The second-order valence-electron chi connectivity index (χ2n) is 5.20. The number of nitrogens with one attached hydrogen (secondary N) is 1. The zero-order chi connectivity index (χ0) is 14.4. The predicted molar refractivity (Wildman–Crippen MR) is 92.8 cm³/mol. The van der Waals surface area contributed by atoms with E-state index >= 15 is 0 Å². The molecule has 1 aromatic rings. The maximum Gasteiger partial charge on any atom is 0.189 e. The number of aromatic nitrogens is 3. The molecule has 21 heavy (non-hydrogen) atoms. The Kier molecular flexibility index (Phi) is 7.94. The number of nitrogens with two attached hydrogens (primary N) is 1. The zero-order valence-electron chi connectivity index (χ0n) is 12.7. The fourth-order valence-corrected chi connectivity index (χ4v) is 2.41. The summed E-state index contributed by atoms with van der Waals surface area (Å²) in [5, 5.41) is 11.6. The highest BCUT2D eigenvalue weighted by atomic mass is 127. The van der Waals surface area contributed by atoms with Crippen LogP contribution in [0.15, 0.2) is 4.99 Å². The molecule has 0 saturated heterocycles. The van der Waals surface area contributed by atoms with Crippen molar-refractivity contribution in [3.05, 3.63) is 11.6 Å². The fraction of sp³-hybridized carbons (Fsp3) is 0.769. The molecule has 1 atom stereocenters. The van der Waals surface area contributed by atoms with Gasteiger partial charge in [0.2, 0.25) is 0 Å². The predicted octanol–water partition coefficient (Wildman–Crippen LogP) is 1.06. The number of hydrogen-bond acceptors (Lipinski definition) is 4. The van der Waals surface area contributed by atoms with E-state index in [0.717, 1.165) is 24.6 Å². The van der Waals surface area contributed by atoms with Crippen LogP contribution in [0.1, 0.15) is 37.8 Å². The Morgan fingerprint density at radius 1 is 1.43 bits per heavy atom. The highest BCUT2D eigenvalue weighted by Gasteiger charge is 2.14. The van der Waals surface area contributed by atoms with Gasteiger partial charge in [0.05, 0.1) is 6.61 Å². The number of fused-ring (bicyclic) bond motifs is 1. The van der Waals surface area contributed by atoms with Crippen LogP contribution < -0.4 is 11.1 Å². The molecule has 2 rings (SSSR count). The molecule has 2 heterocycles. The van der Waals surface area contributed by atoms with Crippen molar-refractivity contribution in [1.82, 2.24) is 20.1 Å². The van der Waals surface area contributed by atoms with Gasteiger partial charge in [0, 0.05) is 26.1 Å². The molecule has 0 fully saturated rings. The lowest BCUT2D eigenvalue weighted by Crippen LogP contribution is -2.40. The Bertz CT molecular complexity index is 462. The average Bonchev–Trinajstić information content (AvgIpc) is 2.64. The molecule has 1 aromatic heterocycles. The second kappa shape index (κ2) is 9.19. The molecule has 0 spiro atoms. The summed E-state index contributed by atoms with van der Waals surface area (Å²) in [5.41, 5.74) is 5.85. The maximum atomic E-state index is 5.85. The molecule has 0 amide bonds. The average molecular weight is 408 g/mol. The smallest absolute Gasteiger partial charge is 0.189 e. The first-order chi connectivity index (χ1) is 9.70. The Balaban J connectivity index is 0.00000220. The van der Waals surface area contributed by atoms with Gasteiger partial charge in [-0.1, -0.05) is 6.42 Å². The van der Waals surface area contributed by atoms with Crippen molar-refractivity contribution >= 4 is 29.9 Å². The number of rotatable bonds is 5. The Morgan fingerprint density at radius 2 is 2.24 bits per heavy atom. The number of hydrogen-bond donors (Lipinski definition) is 2. The van der Waals surface area contributed by atoms with Crippen LogP contribution in [-0.2, 0) is 24.2 Å². The lowest BCUT2D eigenvalue weighted by atomic mass is 10.2. The third-order valence-corrected chi connectivity index (χ3v) is 3.39. The van der Waals surface area contributed by atoms with Gasteiger partial charge in [-0.3, -0.25) is 0 Å². The summed E-state index contributed by atoms with van der Waals surface area (Å²) in [6.45, 7) is 4.04. The van der Waals surface area contributed by atoms with E-state index in [0.29, 0.717) is 19.1 Å². The molecule has 0 bridgehead atoms. The molecule has 0 aliphatic carbocycles. The van der Waals surface area contributed by atoms with Crippen LogP contribution >= 0.6 is 24.0 Å². The van der Waals surface area contributed by atoms with Crippen LogP contribution in [-0.4, -0.2) is 40.5 Å². The standard InChI is InChI=1S/C13H24N6O.HI/c1-10(9-20-2)16-13(14)15-8-12-18-17-11-6-4-3-5-7-19(11)12;/h10H,3-9H2,1-2H3,(H3,14,15,16);1H. The minimum atomic E-state index is 0. The number of aryl methyl sites for hydroxylation is 1.